The fourth-order valence-electron chi connectivity index (χ4n) is 19.4. The van der Waals surface area contributed by atoms with Gasteiger partial charge in [-0.2, -0.15) is 0 Å². The van der Waals surface area contributed by atoms with E-state index in [1.54, 1.807) is 54.2 Å². The molecule has 0 saturated carbocycles. The number of likely N-dealkylation sites (N-methyl/N-ethyl adjacent to an activating group) is 2. The van der Waals surface area contributed by atoms with E-state index in [1.807, 2.05) is 147 Å². The second-order valence-electron chi connectivity index (χ2n) is 36.7. The summed E-state index contributed by atoms with van der Waals surface area (Å²) < 4.78 is 72.0. The summed E-state index contributed by atoms with van der Waals surface area (Å²) in [6.45, 7) is 32.4. The number of cyclic esters (lactones) is 2. The van der Waals surface area contributed by atoms with Crippen LogP contribution >= 0.6 is 0 Å². The number of ether oxygens (including phenoxy) is 11. The van der Waals surface area contributed by atoms with Crippen LogP contribution in [0.15, 0.2) is 73.6 Å². The number of benzene rings is 2. The quantitative estimate of drug-likeness (QED) is 0.00719. The highest BCUT2D eigenvalue weighted by molar-refractivity contribution is 6.01. The molecule has 0 radical (unpaired) electrons. The lowest BCUT2D eigenvalue weighted by atomic mass is 9.78. The highest BCUT2D eigenvalue weighted by atomic mass is 16.7. The lowest BCUT2D eigenvalue weighted by Gasteiger charge is -2.47. The van der Waals surface area contributed by atoms with Gasteiger partial charge in [-0.1, -0.05) is 88.9 Å². The Hall–Kier alpha value is -8.37. The number of aliphatic hydroxyl groups excluding tert-OH is 2. The fourth-order valence-corrected chi connectivity index (χ4v) is 19.4. The number of Topliss-reactive ketones (excluding diaryl/α,β-unsaturated/α-hetero) is 2. The summed E-state index contributed by atoms with van der Waals surface area (Å²) in [7, 11) is 10.5. The Morgan fingerprint density at radius 1 is 0.619 bits per heavy atom. The van der Waals surface area contributed by atoms with Gasteiger partial charge in [0.1, 0.15) is 54.2 Å². The maximum Gasteiger partial charge on any atom is 0.410 e. The predicted octanol–water partition coefficient (Wildman–Crippen LogP) is 7.40. The Kier molecular flexibility index (Phi) is 36.0. The minimum Gasteiger partial charge on any atom is -0.458 e. The van der Waals surface area contributed by atoms with Gasteiger partial charge >= 0.3 is 30.2 Å². The molecule has 36 heteroatoms. The van der Waals surface area contributed by atoms with E-state index in [9.17, 15) is 43.8 Å². The van der Waals surface area contributed by atoms with Crippen molar-refractivity contribution in [1.82, 2.24) is 65.5 Å². The molecule has 8 heterocycles. The van der Waals surface area contributed by atoms with Gasteiger partial charge in [-0.25, -0.2) is 14.4 Å². The third-order valence-corrected chi connectivity index (χ3v) is 26.5. The van der Waals surface area contributed by atoms with Gasteiger partial charge in [0.25, 0.3) is 0 Å². The Balaban J connectivity index is 0.000000286. The van der Waals surface area contributed by atoms with E-state index in [4.69, 9.17) is 69.3 Å². The van der Waals surface area contributed by atoms with E-state index in [0.717, 1.165) is 16.8 Å². The van der Waals surface area contributed by atoms with Crippen LogP contribution < -0.4 is 33.2 Å². The normalized spacial score (nSPS) is 34.8. The third kappa shape index (κ3) is 24.2. The molecule has 2 unspecified atom stereocenters. The smallest absolute Gasteiger partial charge is 0.410 e. The van der Waals surface area contributed by atoms with E-state index in [0.29, 0.717) is 121 Å². The lowest BCUT2D eigenvalue weighted by Crippen LogP contribution is -2.61. The van der Waals surface area contributed by atoms with Crippen LogP contribution in [-0.4, -0.2) is 310 Å². The van der Waals surface area contributed by atoms with Crippen LogP contribution in [0, 0.1) is 35.5 Å². The van der Waals surface area contributed by atoms with Crippen LogP contribution in [0.5, 0.6) is 0 Å². The number of nitrogens with zero attached hydrogens (tertiary/aromatic N) is 10. The molecule has 0 bridgehead atoms. The largest absolute Gasteiger partial charge is 0.458 e. The Morgan fingerprint density at radius 3 is 1.39 bits per heavy atom. The number of aromatic nitrogens is 6. The summed E-state index contributed by atoms with van der Waals surface area (Å²) in [6, 6.07) is 12.5. The average molecular weight is 1770 g/mol. The molecule has 6 saturated heterocycles. The van der Waals surface area contributed by atoms with Crippen molar-refractivity contribution in [2.75, 3.05) is 99.8 Å². The molecule has 2 aromatic carbocycles. The number of rotatable bonds is 27. The summed E-state index contributed by atoms with van der Waals surface area (Å²) in [5, 5.41) is 50.5. The van der Waals surface area contributed by atoms with Gasteiger partial charge in [-0.3, -0.25) is 38.3 Å². The number of ketones is 2. The van der Waals surface area contributed by atoms with E-state index in [1.165, 1.54) is 19.9 Å². The van der Waals surface area contributed by atoms with Crippen molar-refractivity contribution in [2.45, 2.75) is 294 Å². The Morgan fingerprint density at radius 2 is 1.02 bits per heavy atom. The van der Waals surface area contributed by atoms with Crippen LogP contribution in [0.4, 0.5) is 25.8 Å². The van der Waals surface area contributed by atoms with Gasteiger partial charge in [0.15, 0.2) is 35.3 Å². The maximum absolute atomic E-state index is 14.6. The molecule has 26 atom stereocenters. The summed E-state index contributed by atoms with van der Waals surface area (Å²) in [5.74, 6) is -6.81. The number of carbonyl (C=O) groups is 7. The minimum atomic E-state index is -1.28. The molecule has 10 rings (SSSR count). The van der Waals surface area contributed by atoms with Crippen molar-refractivity contribution in [3.05, 3.63) is 73.6 Å². The van der Waals surface area contributed by atoms with Crippen molar-refractivity contribution in [1.29, 1.82) is 0 Å². The van der Waals surface area contributed by atoms with Gasteiger partial charge in [-0.05, 0) is 197 Å². The van der Waals surface area contributed by atoms with E-state index in [2.05, 4.69) is 57.0 Å². The summed E-state index contributed by atoms with van der Waals surface area (Å²) in [4.78, 5) is 104. The van der Waals surface area contributed by atoms with Gasteiger partial charge in [0.05, 0.1) is 60.1 Å². The van der Waals surface area contributed by atoms with Crippen molar-refractivity contribution in [3.63, 3.8) is 0 Å². The summed E-state index contributed by atoms with van der Waals surface area (Å²) >= 11 is 0. The van der Waals surface area contributed by atoms with Crippen LogP contribution in [0.2, 0.25) is 0 Å². The summed E-state index contributed by atoms with van der Waals surface area (Å²) in [5.41, 5.74) is 17.7. The number of anilines is 2. The van der Waals surface area contributed by atoms with Gasteiger partial charge in [-0.15, -0.1) is 10.2 Å². The van der Waals surface area contributed by atoms with Gasteiger partial charge in [0.2, 0.25) is 0 Å². The molecule has 6 fully saturated rings. The number of hydrogen-bond donors (Lipinski definition) is 8. The number of amides is 3. The van der Waals surface area contributed by atoms with Crippen molar-refractivity contribution in [3.8, 4) is 22.5 Å². The summed E-state index contributed by atoms with van der Waals surface area (Å²) in [6.07, 6.45) is -0.699. The molecule has 6 aliphatic rings. The molecule has 0 spiro atoms. The number of esters is 2. The van der Waals surface area contributed by atoms with Crippen LogP contribution in [0.3, 0.4) is 0 Å². The molecule has 126 heavy (non-hydrogen) atoms. The third-order valence-electron chi connectivity index (χ3n) is 26.5. The number of aliphatic hydroxyl groups is 2. The number of nitrogens with one attached hydrogen (secondary N) is 3. The number of nitrogen functional groups attached to an aromatic ring is 2. The van der Waals surface area contributed by atoms with Crippen LogP contribution in [0.25, 0.3) is 22.5 Å². The average Bonchev–Trinajstić information content (AvgIpc) is 1.60. The number of alkyl carbamates (subject to hydrolysis) is 1. The fraction of sp³-hybridized carbons (Fsp3) is 0.722. The molecule has 3 amide bonds. The van der Waals surface area contributed by atoms with E-state index >= 15 is 0 Å². The Labute approximate surface area is 742 Å². The highest BCUT2D eigenvalue weighted by Crippen LogP contribution is 2.44. The SMILES string of the molecule is C=CCOC(=O)NC[C@@H]1CC(N(C)C)[C@@H](O)[C@H](O[C@@H]2[C@@H](C)C(=O)[C@@H](C)C(=O)O[C@H](CC)[C@@]3(C)OC(=O)N(CCCCn4cc(-c5cccc(N)c5)nn4)[C@@H]3[C@@H](C)NC[C@H](C)C[C@@]2(C)OC)O1.CC[C@H]1OC(=O)[C@H](C)C(=O)[C@H](C)[C@@H](O[C@@H]2O[C@H](CN)CC(N(C)C)[C@H]2O)[C@](C)(OC)C[C@@H](C)CN[C@H](C)[C@H]2N(CCCCn3cc(-c4cccc(N)c4)nn3)C(=O)O[C@]12C. The zero-order valence-electron chi connectivity index (χ0n) is 77.6. The number of unbranched alkanes of at least 4 members (excludes halogenated alkanes) is 2. The molecule has 11 N–H and O–H groups in total. The van der Waals surface area contributed by atoms with Crippen molar-refractivity contribution in [2.24, 2.45) is 41.2 Å². The predicted molar refractivity (Wildman–Crippen MR) is 471 cm³/mol. The second kappa shape index (κ2) is 44.8. The molecule has 0 aliphatic carbocycles. The number of fused-ring (bicyclic) bond motifs is 2. The zero-order chi connectivity index (χ0) is 92.6. The first-order valence-corrected chi connectivity index (χ1v) is 44.7. The second-order valence-corrected chi connectivity index (χ2v) is 36.7. The molecule has 4 aromatic rings. The van der Waals surface area contributed by atoms with E-state index in [-0.39, 0.29) is 55.8 Å². The first kappa shape index (κ1) is 101. The zero-order valence-corrected chi connectivity index (χ0v) is 77.6. The van der Waals surface area contributed by atoms with Gasteiger partial charge < -0.3 is 105 Å². The standard InChI is InChI=1S/C47H74N8O11.C43H70N8O9/c1-12-21-62-44(59)50-26-34-23-36(53(9)10)39(57)43(63-34)65-41-29(4)38(56)30(5)42(58)64-37(13-2)47(8)40(31(6)49-25-28(3)24-46(41,7)61-11)55(45(60)66-47)20-15-14-19-54-27-35(51-52-54)32-17-16-18-33(48)22-32;1-11-34-43(7)37(51(41(55)60-43)18-13-12-17-50-24-32(47-48-50)29-15-14-16-30(45)19-29)28(5)46-23-25(2)21-42(6,56-10)38(26(3)35(52)27(4)39(54)58-34)59-40-36(53)33(49(8)9)20-31(22-44)57-40/h12,16-18,22,27-31,34,36-37,39-41,43,49,57H,1,13-15,19-21,23-26,48H2,2-11H3,(H,50,59);14-16,19,24-28,31,33-34,36-38,40,46,53H,11-13,17-18,20-23,44-45H2,1-10H3/t28-,29+,30-,31-,34+,36?,37-,39-,40-,41-,43+,46-,47-;25-,26+,27-,28-,31+,33?,34-,36-,37-,38-,40+,42-,43-/m11/s1. The Bertz CT molecular complexity index is 4250. The maximum atomic E-state index is 14.6. The van der Waals surface area contributed by atoms with E-state index < -0.39 is 161 Å². The number of aryl methyl sites for hydroxylation is 2. The van der Waals surface area contributed by atoms with Crippen molar-refractivity contribution < 1.29 is 95.9 Å². The number of hydrogen-bond acceptors (Lipinski definition) is 31. The van der Waals surface area contributed by atoms with Crippen LogP contribution in [-0.2, 0) is 84.4 Å². The number of methoxy groups -OCH3 is 2. The van der Waals surface area contributed by atoms with Crippen LogP contribution in [0.1, 0.15) is 161 Å². The minimum absolute atomic E-state index is 0.0330. The highest BCUT2D eigenvalue weighted by Gasteiger charge is 2.61. The molecular weight excluding hydrogens is 1630 g/mol. The lowest BCUT2D eigenvalue weighted by molar-refractivity contribution is -0.296. The molecule has 2 aromatic heterocycles. The first-order valence-electron chi connectivity index (χ1n) is 44.7. The van der Waals surface area contributed by atoms with Crippen molar-refractivity contribution >= 4 is 53.2 Å². The molecule has 36 nitrogen and oxygen atoms in total. The monoisotopic (exact) mass is 1770 g/mol. The molecule has 6 aliphatic heterocycles. The first-order chi connectivity index (χ1) is 59.6. The number of nitrogens with two attached hydrogens (primary N) is 3. The molecule has 704 valence electrons. The topological polar surface area (TPSA) is 450 Å². The van der Waals surface area contributed by atoms with Gasteiger partial charge in [0, 0.05) is 112 Å². The number of carbonyl (C=O) groups excluding carboxylic acids is 7. The molecular formula is C90H144N16O20.